The Bertz CT molecular complexity index is 846. The van der Waals surface area contributed by atoms with Gasteiger partial charge in [0.05, 0.1) is 6.33 Å². The van der Waals surface area contributed by atoms with E-state index in [1.54, 1.807) is 12.5 Å². The van der Waals surface area contributed by atoms with Gasteiger partial charge in [-0.25, -0.2) is 4.98 Å². The summed E-state index contributed by atoms with van der Waals surface area (Å²) in [5.41, 5.74) is 2.96. The number of benzene rings is 1. The second-order valence-corrected chi connectivity index (χ2v) is 7.56. The van der Waals surface area contributed by atoms with Gasteiger partial charge >= 0.3 is 11.9 Å². The molecule has 2 rings (SSSR count). The molecule has 7 heteroatoms. The monoisotopic (exact) mass is 387 g/mol. The third-order valence-corrected chi connectivity index (χ3v) is 5.15. The molecule has 28 heavy (non-hydrogen) atoms. The highest BCUT2D eigenvalue weighted by molar-refractivity contribution is 5.80. The van der Waals surface area contributed by atoms with E-state index >= 15 is 0 Å². The Morgan fingerprint density at radius 2 is 1.96 bits per heavy atom. The lowest BCUT2D eigenvalue weighted by Crippen LogP contribution is -2.56. The Hall–Kier alpha value is -2.67. The number of aromatic nitrogens is 2. The van der Waals surface area contributed by atoms with Gasteiger partial charge in [0.2, 0.25) is 0 Å². The van der Waals surface area contributed by atoms with Crippen molar-refractivity contribution in [1.82, 2.24) is 14.9 Å². The molecule has 0 spiro atoms. The standard InChI is InChI=1S/C21H29N3O4/c1-5-8-21(4,20(27)28)23-18(19(25)26)10-17-11-22-13-24(17)12-16-7-6-14(2)15(3)9-16/h6-7,9,11,13,18,23H,5,8,10,12H2,1-4H3,(H,25,26)(H,27,28). The van der Waals surface area contributed by atoms with Crippen molar-refractivity contribution in [2.75, 3.05) is 0 Å². The Balaban J connectivity index is 2.20. The Kier molecular flexibility index (Phi) is 6.96. The minimum Gasteiger partial charge on any atom is -0.480 e. The maximum atomic E-state index is 11.8. The molecule has 0 saturated carbocycles. The number of nitrogens with zero attached hydrogens (tertiary/aromatic N) is 2. The number of carboxylic acid groups (broad SMARTS) is 2. The molecule has 1 heterocycles. The maximum Gasteiger partial charge on any atom is 0.323 e. The summed E-state index contributed by atoms with van der Waals surface area (Å²) in [6.07, 6.45) is 4.43. The number of imidazole rings is 1. The normalized spacial score (nSPS) is 14.4. The van der Waals surface area contributed by atoms with Crippen LogP contribution in [0.25, 0.3) is 0 Å². The summed E-state index contributed by atoms with van der Waals surface area (Å²) in [5, 5.41) is 22.0. The fourth-order valence-corrected chi connectivity index (χ4v) is 3.29. The lowest BCUT2D eigenvalue weighted by Gasteiger charge is -2.29. The minimum absolute atomic E-state index is 0.146. The van der Waals surface area contributed by atoms with Crippen molar-refractivity contribution in [1.29, 1.82) is 0 Å². The fourth-order valence-electron chi connectivity index (χ4n) is 3.29. The van der Waals surface area contributed by atoms with Gasteiger partial charge in [0.25, 0.3) is 0 Å². The van der Waals surface area contributed by atoms with Crippen LogP contribution in [0, 0.1) is 13.8 Å². The van der Waals surface area contributed by atoms with E-state index in [-0.39, 0.29) is 6.42 Å². The average molecular weight is 387 g/mol. The number of rotatable bonds is 10. The molecule has 0 aliphatic carbocycles. The van der Waals surface area contributed by atoms with Gasteiger partial charge in [-0.15, -0.1) is 0 Å². The molecule has 7 nitrogen and oxygen atoms in total. The molecule has 1 aromatic carbocycles. The summed E-state index contributed by atoms with van der Waals surface area (Å²) in [7, 11) is 0. The summed E-state index contributed by atoms with van der Waals surface area (Å²) in [4.78, 5) is 27.6. The highest BCUT2D eigenvalue weighted by Gasteiger charge is 2.36. The first-order chi connectivity index (χ1) is 13.2. The van der Waals surface area contributed by atoms with E-state index in [4.69, 9.17) is 0 Å². The molecular weight excluding hydrogens is 358 g/mol. The molecule has 3 N–H and O–H groups in total. The molecule has 2 unspecified atom stereocenters. The molecule has 0 amide bonds. The van der Waals surface area contributed by atoms with Crippen LogP contribution >= 0.6 is 0 Å². The average Bonchev–Trinajstić information content (AvgIpc) is 3.04. The largest absolute Gasteiger partial charge is 0.480 e. The van der Waals surface area contributed by atoms with Gasteiger partial charge in [-0.05, 0) is 43.9 Å². The first kappa shape index (κ1) is 21.6. The van der Waals surface area contributed by atoms with Gasteiger partial charge in [0, 0.05) is 24.9 Å². The quantitative estimate of drug-likeness (QED) is 0.579. The highest BCUT2D eigenvalue weighted by atomic mass is 16.4. The third-order valence-electron chi connectivity index (χ3n) is 5.15. The summed E-state index contributed by atoms with van der Waals surface area (Å²) >= 11 is 0. The second kappa shape index (κ2) is 9.01. The number of carboxylic acids is 2. The van der Waals surface area contributed by atoms with Gasteiger partial charge in [-0.2, -0.15) is 0 Å². The van der Waals surface area contributed by atoms with Crippen molar-refractivity contribution in [3.63, 3.8) is 0 Å². The van der Waals surface area contributed by atoms with Crippen molar-refractivity contribution in [3.8, 4) is 0 Å². The van der Waals surface area contributed by atoms with Crippen LogP contribution in [0.3, 0.4) is 0 Å². The van der Waals surface area contributed by atoms with E-state index in [1.165, 1.54) is 18.1 Å². The number of aryl methyl sites for hydroxylation is 2. The zero-order chi connectivity index (χ0) is 20.9. The Labute approximate surface area is 165 Å². The molecule has 2 aromatic rings. The lowest BCUT2D eigenvalue weighted by molar-refractivity contribution is -0.147. The van der Waals surface area contributed by atoms with Gasteiger partial charge < -0.3 is 14.8 Å². The molecule has 0 aliphatic rings. The zero-order valence-electron chi connectivity index (χ0n) is 16.9. The van der Waals surface area contributed by atoms with Crippen LogP contribution in [0.15, 0.2) is 30.7 Å². The van der Waals surface area contributed by atoms with Crippen LogP contribution in [0.2, 0.25) is 0 Å². The van der Waals surface area contributed by atoms with Gasteiger partial charge in [-0.3, -0.25) is 14.9 Å². The van der Waals surface area contributed by atoms with Crippen molar-refractivity contribution in [2.24, 2.45) is 0 Å². The van der Waals surface area contributed by atoms with Crippen LogP contribution in [0.5, 0.6) is 0 Å². The second-order valence-electron chi connectivity index (χ2n) is 7.56. The van der Waals surface area contributed by atoms with Gasteiger partial charge in [-0.1, -0.05) is 31.5 Å². The van der Waals surface area contributed by atoms with E-state index in [0.717, 1.165) is 11.3 Å². The molecular formula is C21H29N3O4. The minimum atomic E-state index is -1.29. The number of carbonyl (C=O) groups is 2. The van der Waals surface area contributed by atoms with E-state index in [0.29, 0.717) is 19.4 Å². The molecule has 152 valence electrons. The summed E-state index contributed by atoms with van der Waals surface area (Å²) < 4.78 is 1.90. The van der Waals surface area contributed by atoms with Gasteiger partial charge in [0.1, 0.15) is 11.6 Å². The first-order valence-corrected chi connectivity index (χ1v) is 9.45. The number of hydrogen-bond acceptors (Lipinski definition) is 4. The summed E-state index contributed by atoms with van der Waals surface area (Å²) in [5.74, 6) is -2.13. The summed E-state index contributed by atoms with van der Waals surface area (Å²) in [6.45, 7) is 8.09. The fraction of sp³-hybridized carbons (Fsp3) is 0.476. The molecule has 0 aliphatic heterocycles. The Morgan fingerprint density at radius 1 is 1.25 bits per heavy atom. The predicted molar refractivity (Wildman–Crippen MR) is 106 cm³/mol. The van der Waals surface area contributed by atoms with Crippen LogP contribution in [0.1, 0.15) is 49.1 Å². The molecule has 0 bridgehead atoms. The topological polar surface area (TPSA) is 104 Å². The smallest absolute Gasteiger partial charge is 0.323 e. The Morgan fingerprint density at radius 3 is 2.54 bits per heavy atom. The number of hydrogen-bond donors (Lipinski definition) is 3. The van der Waals surface area contributed by atoms with E-state index in [9.17, 15) is 19.8 Å². The zero-order valence-corrected chi connectivity index (χ0v) is 16.9. The van der Waals surface area contributed by atoms with E-state index in [2.05, 4.69) is 36.3 Å². The SMILES string of the molecule is CCCC(C)(NC(Cc1cncn1Cc1ccc(C)c(C)c1)C(=O)O)C(=O)O. The maximum absolute atomic E-state index is 11.8. The molecule has 1 aromatic heterocycles. The lowest BCUT2D eigenvalue weighted by atomic mass is 9.94. The number of nitrogens with one attached hydrogen (secondary N) is 1. The van der Waals surface area contributed by atoms with Crippen molar-refractivity contribution < 1.29 is 19.8 Å². The number of aliphatic carboxylic acids is 2. The van der Waals surface area contributed by atoms with Crippen LogP contribution in [-0.4, -0.2) is 43.3 Å². The molecule has 0 saturated heterocycles. The first-order valence-electron chi connectivity index (χ1n) is 9.45. The van der Waals surface area contributed by atoms with Crippen LogP contribution < -0.4 is 5.32 Å². The third kappa shape index (κ3) is 5.19. The van der Waals surface area contributed by atoms with Crippen molar-refractivity contribution in [3.05, 3.63) is 53.1 Å². The highest BCUT2D eigenvalue weighted by Crippen LogP contribution is 2.17. The molecule has 2 atom stereocenters. The van der Waals surface area contributed by atoms with Crippen molar-refractivity contribution in [2.45, 2.75) is 65.1 Å². The van der Waals surface area contributed by atoms with E-state index in [1.807, 2.05) is 17.6 Å². The predicted octanol–water partition coefficient (Wildman–Crippen LogP) is 2.78. The van der Waals surface area contributed by atoms with Crippen molar-refractivity contribution >= 4 is 11.9 Å². The van der Waals surface area contributed by atoms with E-state index < -0.39 is 23.5 Å². The van der Waals surface area contributed by atoms with Crippen LogP contribution in [0.4, 0.5) is 0 Å². The summed E-state index contributed by atoms with van der Waals surface area (Å²) in [6, 6.07) is 5.19. The van der Waals surface area contributed by atoms with Gasteiger partial charge in [0.15, 0.2) is 0 Å². The molecule has 0 fully saturated rings. The molecule has 0 radical (unpaired) electrons. The van der Waals surface area contributed by atoms with Crippen LogP contribution in [-0.2, 0) is 22.6 Å².